The van der Waals surface area contributed by atoms with Crippen molar-refractivity contribution >= 4 is 0 Å². The summed E-state index contributed by atoms with van der Waals surface area (Å²) < 4.78 is 85.0. The van der Waals surface area contributed by atoms with E-state index >= 15 is 0 Å². The normalized spacial score (nSPS) is 16.3. The monoisotopic (exact) mass is 444 g/mol. The van der Waals surface area contributed by atoms with E-state index in [1.165, 1.54) is 18.2 Å². The van der Waals surface area contributed by atoms with Crippen LogP contribution in [-0.4, -0.2) is 6.36 Å². The molecule has 0 radical (unpaired) electrons. The van der Waals surface area contributed by atoms with Crippen molar-refractivity contribution in [2.75, 3.05) is 0 Å². The van der Waals surface area contributed by atoms with E-state index in [0.717, 1.165) is 38.2 Å². The third-order valence-corrected chi connectivity index (χ3v) is 5.86. The average Bonchev–Trinajstić information content (AvgIpc) is 2.68. The van der Waals surface area contributed by atoms with Crippen molar-refractivity contribution in [1.29, 1.82) is 0 Å². The van der Waals surface area contributed by atoms with Gasteiger partial charge >= 0.3 is 6.36 Å². The number of unbranched alkanes of at least 4 members (excludes halogenated alkanes) is 4. The zero-order valence-corrected chi connectivity index (χ0v) is 17.4. The molecule has 0 N–H and O–H groups in total. The second-order valence-electron chi connectivity index (χ2n) is 8.14. The van der Waals surface area contributed by atoms with Gasteiger partial charge in [-0.05, 0) is 72.9 Å². The van der Waals surface area contributed by atoms with Crippen LogP contribution in [0.15, 0.2) is 24.3 Å². The Morgan fingerprint density at radius 3 is 2.29 bits per heavy atom. The molecule has 31 heavy (non-hydrogen) atoms. The Balaban J connectivity index is 1.73. The number of hydrogen-bond acceptors (Lipinski definition) is 1. The number of halogens is 6. The average molecular weight is 444 g/mol. The first-order chi connectivity index (χ1) is 14.7. The fraction of sp³-hybridized carbons (Fsp3) is 0.500. The van der Waals surface area contributed by atoms with Crippen LogP contribution in [0.2, 0.25) is 0 Å². The Labute approximate surface area is 178 Å². The quantitative estimate of drug-likeness (QED) is 0.298. The molecule has 2 aromatic rings. The molecule has 0 fully saturated rings. The summed E-state index contributed by atoms with van der Waals surface area (Å²) in [6.45, 7) is 2.12. The summed E-state index contributed by atoms with van der Waals surface area (Å²) in [5, 5.41) is 0. The Bertz CT molecular complexity index is 883. The largest absolute Gasteiger partial charge is 0.573 e. The van der Waals surface area contributed by atoms with Gasteiger partial charge in [0.2, 0.25) is 0 Å². The van der Waals surface area contributed by atoms with Crippen LogP contribution in [0, 0.1) is 17.5 Å². The third kappa shape index (κ3) is 5.95. The van der Waals surface area contributed by atoms with Gasteiger partial charge in [0.05, 0.1) is 0 Å². The molecule has 1 aliphatic rings. The fourth-order valence-electron chi connectivity index (χ4n) is 4.34. The number of fused-ring (bicyclic) bond motifs is 1. The van der Waals surface area contributed by atoms with Gasteiger partial charge in [-0.3, -0.25) is 0 Å². The molecule has 2 aromatic carbocycles. The summed E-state index contributed by atoms with van der Waals surface area (Å²) in [6.07, 6.45) is 1.37. The summed E-state index contributed by atoms with van der Waals surface area (Å²) in [7, 11) is 0. The standard InChI is InChI=1S/C24H26F6O/c1-2-3-4-5-6-7-15-12-19(25)22(20(26)13-15)17-8-10-18-16(14-17)9-11-21(23(18)27)31-24(28,29)30/h9,11-13,17H,2-8,10,14H2,1H3. The van der Waals surface area contributed by atoms with Crippen LogP contribution in [0.4, 0.5) is 26.3 Å². The molecule has 0 saturated carbocycles. The highest BCUT2D eigenvalue weighted by molar-refractivity contribution is 5.42. The maximum atomic E-state index is 14.8. The van der Waals surface area contributed by atoms with Crippen molar-refractivity contribution in [1.82, 2.24) is 0 Å². The van der Waals surface area contributed by atoms with E-state index in [-0.39, 0.29) is 30.4 Å². The molecule has 170 valence electrons. The van der Waals surface area contributed by atoms with E-state index < -0.39 is 35.5 Å². The van der Waals surface area contributed by atoms with Crippen LogP contribution in [-0.2, 0) is 19.3 Å². The van der Waals surface area contributed by atoms with Gasteiger partial charge in [-0.15, -0.1) is 13.2 Å². The molecule has 0 amide bonds. The SMILES string of the molecule is CCCCCCCc1cc(F)c(C2CCc3c(ccc(OC(F)(F)F)c3F)C2)c(F)c1. The van der Waals surface area contributed by atoms with Gasteiger partial charge in [-0.2, -0.15) is 0 Å². The first-order valence-corrected chi connectivity index (χ1v) is 10.7. The molecule has 1 aliphatic carbocycles. The minimum atomic E-state index is -4.99. The second kappa shape index (κ2) is 9.96. The molecule has 3 rings (SSSR count). The van der Waals surface area contributed by atoms with Crippen molar-refractivity contribution in [3.05, 3.63) is 64.0 Å². The summed E-state index contributed by atoms with van der Waals surface area (Å²) in [5.74, 6) is -3.68. The molecule has 1 unspecified atom stereocenters. The maximum absolute atomic E-state index is 14.8. The van der Waals surface area contributed by atoms with Crippen LogP contribution >= 0.6 is 0 Å². The zero-order chi connectivity index (χ0) is 22.6. The molecule has 1 atom stereocenters. The molecule has 0 bridgehead atoms. The van der Waals surface area contributed by atoms with E-state index in [2.05, 4.69) is 11.7 Å². The van der Waals surface area contributed by atoms with E-state index in [1.54, 1.807) is 0 Å². The number of aryl methyl sites for hydroxylation is 1. The number of alkyl halides is 3. The number of benzene rings is 2. The van der Waals surface area contributed by atoms with Gasteiger partial charge in [0.25, 0.3) is 0 Å². The third-order valence-electron chi connectivity index (χ3n) is 5.86. The van der Waals surface area contributed by atoms with E-state index in [0.29, 0.717) is 17.5 Å². The van der Waals surface area contributed by atoms with Gasteiger partial charge < -0.3 is 4.74 Å². The molecule has 0 heterocycles. The Morgan fingerprint density at radius 2 is 1.65 bits per heavy atom. The highest BCUT2D eigenvalue weighted by Gasteiger charge is 2.34. The van der Waals surface area contributed by atoms with Gasteiger partial charge in [-0.25, -0.2) is 13.2 Å². The predicted molar refractivity (Wildman–Crippen MR) is 107 cm³/mol. The molecular formula is C24H26F6O. The lowest BCUT2D eigenvalue weighted by molar-refractivity contribution is -0.275. The van der Waals surface area contributed by atoms with Crippen molar-refractivity contribution < 1.29 is 31.1 Å². The molecule has 1 nitrogen and oxygen atoms in total. The number of rotatable bonds is 8. The Kier molecular flexibility index (Phi) is 7.55. The van der Waals surface area contributed by atoms with Crippen molar-refractivity contribution in [3.63, 3.8) is 0 Å². The number of ether oxygens (including phenoxy) is 1. The summed E-state index contributed by atoms with van der Waals surface area (Å²) in [4.78, 5) is 0. The van der Waals surface area contributed by atoms with E-state index in [9.17, 15) is 26.3 Å². The van der Waals surface area contributed by atoms with Crippen LogP contribution < -0.4 is 4.74 Å². The first kappa shape index (κ1) is 23.5. The molecule has 0 aliphatic heterocycles. The van der Waals surface area contributed by atoms with Gasteiger partial charge in [-0.1, -0.05) is 38.7 Å². The lowest BCUT2D eigenvalue weighted by atomic mass is 9.79. The highest BCUT2D eigenvalue weighted by atomic mass is 19.4. The van der Waals surface area contributed by atoms with Crippen LogP contribution in [0.1, 0.15) is 73.6 Å². The first-order valence-electron chi connectivity index (χ1n) is 10.7. The summed E-state index contributed by atoms with van der Waals surface area (Å²) in [6, 6.07) is 4.99. The predicted octanol–water partition coefficient (Wildman–Crippen LogP) is 7.79. The molecule has 0 spiro atoms. The zero-order valence-electron chi connectivity index (χ0n) is 17.4. The highest BCUT2D eigenvalue weighted by Crippen LogP contribution is 2.39. The Morgan fingerprint density at radius 1 is 0.968 bits per heavy atom. The number of hydrogen-bond donors (Lipinski definition) is 0. The summed E-state index contributed by atoms with van der Waals surface area (Å²) >= 11 is 0. The summed E-state index contributed by atoms with van der Waals surface area (Å²) in [5.41, 5.74) is 1.15. The second-order valence-corrected chi connectivity index (χ2v) is 8.14. The molecular weight excluding hydrogens is 418 g/mol. The smallest absolute Gasteiger partial charge is 0.403 e. The molecule has 0 aromatic heterocycles. The van der Waals surface area contributed by atoms with Crippen molar-refractivity contribution in [2.45, 2.75) is 77.0 Å². The van der Waals surface area contributed by atoms with E-state index in [4.69, 9.17) is 0 Å². The lowest BCUT2D eigenvalue weighted by Gasteiger charge is -2.27. The lowest BCUT2D eigenvalue weighted by Crippen LogP contribution is -2.20. The van der Waals surface area contributed by atoms with Crippen LogP contribution in [0.5, 0.6) is 5.75 Å². The van der Waals surface area contributed by atoms with Gasteiger partial charge in [0.15, 0.2) is 11.6 Å². The van der Waals surface area contributed by atoms with Crippen LogP contribution in [0.25, 0.3) is 0 Å². The molecule has 0 saturated heterocycles. The van der Waals surface area contributed by atoms with Crippen LogP contribution in [0.3, 0.4) is 0 Å². The fourth-order valence-corrected chi connectivity index (χ4v) is 4.34. The van der Waals surface area contributed by atoms with Crippen molar-refractivity contribution in [2.24, 2.45) is 0 Å². The van der Waals surface area contributed by atoms with Crippen molar-refractivity contribution in [3.8, 4) is 5.75 Å². The minimum Gasteiger partial charge on any atom is -0.403 e. The van der Waals surface area contributed by atoms with Gasteiger partial charge in [0.1, 0.15) is 11.6 Å². The Hall–Kier alpha value is -2.18. The topological polar surface area (TPSA) is 9.23 Å². The maximum Gasteiger partial charge on any atom is 0.573 e. The van der Waals surface area contributed by atoms with E-state index in [1.807, 2.05) is 0 Å². The van der Waals surface area contributed by atoms with Gasteiger partial charge in [0, 0.05) is 5.56 Å². The molecule has 7 heteroatoms. The minimum absolute atomic E-state index is 0.0311.